The molecule has 1 saturated carbocycles. The van der Waals surface area contributed by atoms with Gasteiger partial charge in [0.05, 0.1) is 12.2 Å². The minimum atomic E-state index is -2.14. The van der Waals surface area contributed by atoms with Crippen LogP contribution in [0.15, 0.2) is 0 Å². The van der Waals surface area contributed by atoms with Crippen LogP contribution in [0.25, 0.3) is 0 Å². The highest BCUT2D eigenvalue weighted by Crippen LogP contribution is 2.35. The van der Waals surface area contributed by atoms with E-state index in [9.17, 15) is 19.8 Å². The summed E-state index contributed by atoms with van der Waals surface area (Å²) >= 11 is 0. The maximum absolute atomic E-state index is 11.0. The number of aliphatic carboxylic acids is 2. The summed E-state index contributed by atoms with van der Waals surface area (Å²) in [6, 6.07) is 0. The average Bonchev–Trinajstić information content (AvgIpc) is 3.29. The van der Waals surface area contributed by atoms with Gasteiger partial charge in [0.1, 0.15) is 6.10 Å². The van der Waals surface area contributed by atoms with Gasteiger partial charge in [0.2, 0.25) is 0 Å². The van der Waals surface area contributed by atoms with Crippen LogP contribution in [-0.4, -0.2) is 76.3 Å². The summed E-state index contributed by atoms with van der Waals surface area (Å²) in [5, 5.41) is 36.7. The Kier molecular flexibility index (Phi) is 6.53. The molecule has 9 heteroatoms. The molecule has 7 atom stereocenters. The molecule has 1 heterocycles. The molecule has 0 aromatic carbocycles. The van der Waals surface area contributed by atoms with Crippen molar-refractivity contribution in [1.29, 1.82) is 0 Å². The lowest BCUT2D eigenvalue weighted by Crippen LogP contribution is -2.42. The first-order chi connectivity index (χ1) is 11.3. The van der Waals surface area contributed by atoms with Gasteiger partial charge in [-0.1, -0.05) is 0 Å². The van der Waals surface area contributed by atoms with Crippen molar-refractivity contribution in [1.82, 2.24) is 0 Å². The highest BCUT2D eigenvalue weighted by atomic mass is 16.8. The van der Waals surface area contributed by atoms with Crippen LogP contribution in [0.5, 0.6) is 0 Å². The normalized spacial score (nSPS) is 35.2. The van der Waals surface area contributed by atoms with Crippen molar-refractivity contribution in [3.8, 4) is 0 Å². The molecule has 138 valence electrons. The molecule has 0 aromatic rings. The molecule has 0 amide bonds. The molecule has 1 saturated heterocycles. The molecule has 0 radical (unpaired) electrons. The standard InChI is InChI=1S/C15H24O9/c1-22-10-6-7(2-4-8(10)16)3-5-9-15(23-9)24-12(14(20)21)11(17)13(18)19/h7-12,15-17H,2-6H2,1H3,(H,18,19)(H,20,21). The highest BCUT2D eigenvalue weighted by Gasteiger charge is 2.46. The number of methoxy groups -OCH3 is 1. The third-order valence-corrected chi connectivity index (χ3v) is 4.63. The molecule has 9 nitrogen and oxygen atoms in total. The third-order valence-electron chi connectivity index (χ3n) is 4.63. The Bertz CT molecular complexity index is 454. The van der Waals surface area contributed by atoms with Crippen LogP contribution < -0.4 is 0 Å². The molecule has 1 aliphatic carbocycles. The van der Waals surface area contributed by atoms with Crippen LogP contribution in [0.3, 0.4) is 0 Å². The lowest BCUT2D eigenvalue weighted by Gasteiger charge is -2.32. The second-order valence-electron chi connectivity index (χ2n) is 6.32. The number of aliphatic hydroxyl groups is 2. The van der Waals surface area contributed by atoms with Gasteiger partial charge >= 0.3 is 11.9 Å². The van der Waals surface area contributed by atoms with Crippen LogP contribution in [-0.2, 0) is 23.8 Å². The smallest absolute Gasteiger partial charge is 0.336 e. The maximum atomic E-state index is 11.0. The van der Waals surface area contributed by atoms with Crippen molar-refractivity contribution >= 4 is 11.9 Å². The first kappa shape index (κ1) is 19.1. The Morgan fingerprint density at radius 1 is 1.21 bits per heavy atom. The van der Waals surface area contributed by atoms with E-state index in [0.29, 0.717) is 18.8 Å². The Hall–Kier alpha value is -1.26. The predicted octanol–water partition coefficient (Wildman–Crippen LogP) is -0.417. The number of epoxide rings is 1. The number of hydrogen-bond donors (Lipinski definition) is 4. The van der Waals surface area contributed by atoms with Gasteiger partial charge < -0.3 is 34.6 Å². The monoisotopic (exact) mass is 348 g/mol. The fraction of sp³-hybridized carbons (Fsp3) is 0.867. The number of rotatable bonds is 9. The van der Waals surface area contributed by atoms with Crippen molar-refractivity contribution in [2.75, 3.05) is 7.11 Å². The van der Waals surface area contributed by atoms with E-state index in [1.165, 1.54) is 0 Å². The van der Waals surface area contributed by atoms with Crippen molar-refractivity contribution < 1.29 is 44.2 Å². The van der Waals surface area contributed by atoms with Crippen LogP contribution in [0.1, 0.15) is 32.1 Å². The Labute approximate surface area is 139 Å². The fourth-order valence-corrected chi connectivity index (χ4v) is 3.10. The van der Waals surface area contributed by atoms with Crippen LogP contribution in [0, 0.1) is 5.92 Å². The van der Waals surface area contributed by atoms with Crippen molar-refractivity contribution in [3.63, 3.8) is 0 Å². The van der Waals surface area contributed by atoms with E-state index in [0.717, 1.165) is 19.3 Å². The molecule has 4 N–H and O–H groups in total. The zero-order valence-corrected chi connectivity index (χ0v) is 13.4. The number of aliphatic hydroxyl groups excluding tert-OH is 2. The van der Waals surface area contributed by atoms with E-state index < -0.39 is 36.5 Å². The number of carboxylic acids is 2. The van der Waals surface area contributed by atoms with Gasteiger partial charge in [0.15, 0.2) is 18.5 Å². The van der Waals surface area contributed by atoms with E-state index >= 15 is 0 Å². The third kappa shape index (κ3) is 4.87. The molecule has 0 spiro atoms. The van der Waals surface area contributed by atoms with Crippen molar-refractivity contribution in [2.24, 2.45) is 5.92 Å². The second-order valence-corrected chi connectivity index (χ2v) is 6.32. The van der Waals surface area contributed by atoms with E-state index in [2.05, 4.69) is 0 Å². The minimum absolute atomic E-state index is 0.168. The van der Waals surface area contributed by atoms with Gasteiger partial charge in [-0.15, -0.1) is 0 Å². The minimum Gasteiger partial charge on any atom is -0.479 e. The van der Waals surface area contributed by atoms with E-state index in [4.69, 9.17) is 24.4 Å². The number of carbonyl (C=O) groups is 2. The highest BCUT2D eigenvalue weighted by molar-refractivity contribution is 5.83. The van der Waals surface area contributed by atoms with Crippen LogP contribution in [0.4, 0.5) is 0 Å². The van der Waals surface area contributed by atoms with Gasteiger partial charge in [0, 0.05) is 7.11 Å². The zero-order chi connectivity index (χ0) is 17.9. The quantitative estimate of drug-likeness (QED) is 0.408. The van der Waals surface area contributed by atoms with Crippen molar-refractivity contribution in [2.45, 2.75) is 68.9 Å². The molecule has 1 aliphatic heterocycles. The van der Waals surface area contributed by atoms with E-state index in [-0.39, 0.29) is 12.2 Å². The fourth-order valence-electron chi connectivity index (χ4n) is 3.10. The summed E-state index contributed by atoms with van der Waals surface area (Å²) < 4.78 is 15.5. The summed E-state index contributed by atoms with van der Waals surface area (Å²) in [7, 11) is 1.57. The van der Waals surface area contributed by atoms with Crippen molar-refractivity contribution in [3.05, 3.63) is 0 Å². The van der Waals surface area contributed by atoms with E-state index in [1.807, 2.05) is 0 Å². The van der Waals surface area contributed by atoms with Gasteiger partial charge in [-0.05, 0) is 38.0 Å². The lowest BCUT2D eigenvalue weighted by molar-refractivity contribution is -0.175. The van der Waals surface area contributed by atoms with Gasteiger partial charge in [-0.3, -0.25) is 0 Å². The molecular weight excluding hydrogens is 324 g/mol. The van der Waals surface area contributed by atoms with Crippen LogP contribution >= 0.6 is 0 Å². The van der Waals surface area contributed by atoms with Crippen LogP contribution in [0.2, 0.25) is 0 Å². The van der Waals surface area contributed by atoms with E-state index in [1.54, 1.807) is 7.11 Å². The van der Waals surface area contributed by atoms with Gasteiger partial charge in [-0.25, -0.2) is 9.59 Å². The predicted molar refractivity (Wildman–Crippen MR) is 78.2 cm³/mol. The molecule has 24 heavy (non-hydrogen) atoms. The molecule has 0 bridgehead atoms. The first-order valence-corrected chi connectivity index (χ1v) is 7.99. The Morgan fingerprint density at radius 2 is 1.92 bits per heavy atom. The molecule has 2 aliphatic rings. The number of ether oxygens (including phenoxy) is 3. The molecule has 0 aromatic heterocycles. The SMILES string of the molecule is COC1CC(CCC2OC2OC(C(=O)O)C(O)C(=O)O)CCC1O. The first-order valence-electron chi connectivity index (χ1n) is 7.99. The molecule has 2 fully saturated rings. The summed E-state index contributed by atoms with van der Waals surface area (Å²) in [5.74, 6) is -2.84. The van der Waals surface area contributed by atoms with Gasteiger partial charge in [-0.2, -0.15) is 0 Å². The lowest BCUT2D eigenvalue weighted by atomic mass is 9.82. The maximum Gasteiger partial charge on any atom is 0.336 e. The number of hydrogen-bond acceptors (Lipinski definition) is 7. The largest absolute Gasteiger partial charge is 0.479 e. The Balaban J connectivity index is 1.73. The average molecular weight is 348 g/mol. The van der Waals surface area contributed by atoms with Gasteiger partial charge in [0.25, 0.3) is 0 Å². The Morgan fingerprint density at radius 3 is 2.50 bits per heavy atom. The topological polar surface area (TPSA) is 146 Å². The number of carboxylic acid groups (broad SMARTS) is 2. The molecule has 7 unspecified atom stereocenters. The molecular formula is C15H24O9. The zero-order valence-electron chi connectivity index (χ0n) is 13.4. The molecule has 2 rings (SSSR count). The second kappa shape index (κ2) is 8.21. The summed E-state index contributed by atoms with van der Waals surface area (Å²) in [6.45, 7) is 0. The summed E-state index contributed by atoms with van der Waals surface area (Å²) in [4.78, 5) is 21.7. The summed E-state index contributed by atoms with van der Waals surface area (Å²) in [5.41, 5.74) is 0. The summed E-state index contributed by atoms with van der Waals surface area (Å²) in [6.07, 6.45) is -1.96.